The van der Waals surface area contributed by atoms with Crippen LogP contribution in [0.5, 0.6) is 0 Å². The first kappa shape index (κ1) is 34.7. The van der Waals surface area contributed by atoms with Crippen molar-refractivity contribution in [3.63, 3.8) is 0 Å². The molecule has 0 aromatic heterocycles. The second-order valence-corrected chi connectivity index (χ2v) is 6.01. The van der Waals surface area contributed by atoms with E-state index >= 15 is 0 Å². The molecule has 0 radical (unpaired) electrons. The minimum absolute atomic E-state index is 0. The van der Waals surface area contributed by atoms with E-state index in [-0.39, 0.29) is 18.9 Å². The summed E-state index contributed by atoms with van der Waals surface area (Å²) in [5.41, 5.74) is 0. The maximum atomic E-state index is 10.9. The summed E-state index contributed by atoms with van der Waals surface area (Å²) in [6.45, 7) is 0. The van der Waals surface area contributed by atoms with Gasteiger partial charge in [0.1, 0.15) is 0 Å². The minimum atomic E-state index is -4.84. The molecule has 20 heteroatoms. The summed E-state index contributed by atoms with van der Waals surface area (Å²) in [6.07, 6.45) is 0. The Kier molecular flexibility index (Phi) is 22.0. The number of carbonyl (C=O) groups is 2. The monoisotopic (exact) mass is 423 g/mol. The quantitative estimate of drug-likeness (QED) is 0.169. The molecule has 0 saturated carbocycles. The molecule has 0 aromatic rings. The predicted octanol–water partition coefficient (Wildman–Crippen LogP) is -3.31. The molecule has 0 amide bonds. The van der Waals surface area contributed by atoms with Gasteiger partial charge in [-0.25, -0.2) is 18.5 Å². The van der Waals surface area contributed by atoms with Crippen LogP contribution in [-0.2, 0) is 23.3 Å². The molecule has 0 spiro atoms. The number of hydrogen-bond acceptors (Lipinski definition) is 9. The first-order chi connectivity index (χ1) is 10.3. The molecule has 0 heterocycles. The SMILES string of the molecule is N#CP(=O)(O)F.N#CP(=O)(O)F.N#CP(=O)(O)F.O=C([O-])C(=O)O.[Li+]. The zero-order chi connectivity index (χ0) is 20.8. The van der Waals surface area contributed by atoms with E-state index in [1.807, 2.05) is 0 Å². The van der Waals surface area contributed by atoms with Crippen molar-refractivity contribution >= 4 is 35.0 Å². The molecule has 3 unspecified atom stereocenters. The molecule has 25 heavy (non-hydrogen) atoms. The molecule has 0 bridgehead atoms. The first-order valence-corrected chi connectivity index (χ1v) is 8.73. The van der Waals surface area contributed by atoms with Gasteiger partial charge in [0.25, 0.3) is 0 Å². The number of nitriles is 3. The summed E-state index contributed by atoms with van der Waals surface area (Å²) < 4.78 is 59.9. The van der Waals surface area contributed by atoms with Gasteiger partial charge in [-0.1, -0.05) is 0 Å². The van der Waals surface area contributed by atoms with E-state index in [0.717, 1.165) is 0 Å². The zero-order valence-corrected chi connectivity index (χ0v) is 14.2. The molecule has 3 atom stereocenters. The molecule has 0 rings (SSSR count). The maximum Gasteiger partial charge on any atom is 1.00 e. The summed E-state index contributed by atoms with van der Waals surface area (Å²) in [5.74, 6) is -2.36. The smallest absolute Gasteiger partial charge is 0.539 e. The van der Waals surface area contributed by atoms with E-state index in [1.165, 1.54) is 0 Å². The number of aliphatic carboxylic acids is 2. The second-order valence-electron chi connectivity index (χ2n) is 2.40. The summed E-state index contributed by atoms with van der Waals surface area (Å²) >= 11 is 0. The van der Waals surface area contributed by atoms with Crippen LogP contribution < -0.4 is 24.0 Å². The average molecular weight is 423 g/mol. The molecule has 0 aromatic carbocycles. The number of rotatable bonds is 0. The molecule has 0 aliphatic rings. The van der Waals surface area contributed by atoms with Crippen LogP contribution in [0.25, 0.3) is 0 Å². The van der Waals surface area contributed by atoms with Crippen molar-refractivity contribution in [1.29, 1.82) is 15.8 Å². The summed E-state index contributed by atoms with van der Waals surface area (Å²) in [6, 6.07) is 0. The Balaban J connectivity index is -0.0000000702. The molecule has 0 saturated heterocycles. The molecule has 13 nitrogen and oxygen atoms in total. The van der Waals surface area contributed by atoms with Crippen molar-refractivity contribution in [2.24, 2.45) is 0 Å². The van der Waals surface area contributed by atoms with Crippen LogP contribution in [0, 0.1) is 33.2 Å². The fourth-order valence-electron chi connectivity index (χ4n) is 0. The van der Waals surface area contributed by atoms with Crippen molar-refractivity contribution in [2.45, 2.75) is 0 Å². The van der Waals surface area contributed by atoms with Gasteiger partial charge in [0.15, 0.2) is 23.4 Å². The van der Waals surface area contributed by atoms with Crippen LogP contribution in [0.3, 0.4) is 0 Å². The summed E-state index contributed by atoms with van der Waals surface area (Å²) in [4.78, 5) is 40.1. The Morgan fingerprint density at radius 2 is 0.880 bits per heavy atom. The average Bonchev–Trinajstić information content (AvgIpc) is 2.38. The molecule has 0 fully saturated rings. The first-order valence-electron chi connectivity index (χ1n) is 4.08. The fourth-order valence-corrected chi connectivity index (χ4v) is 0. The van der Waals surface area contributed by atoms with Crippen molar-refractivity contribution in [1.82, 2.24) is 0 Å². The molecule has 0 aliphatic carbocycles. The van der Waals surface area contributed by atoms with Crippen molar-refractivity contribution in [2.75, 3.05) is 0 Å². The van der Waals surface area contributed by atoms with Gasteiger partial charge < -0.3 is 29.7 Å². The van der Waals surface area contributed by atoms with Crippen LogP contribution in [0.1, 0.15) is 0 Å². The third-order valence-electron chi connectivity index (χ3n) is 0.545. The van der Waals surface area contributed by atoms with Crippen LogP contribution in [-0.4, -0.2) is 31.7 Å². The van der Waals surface area contributed by atoms with Gasteiger partial charge in [-0.2, -0.15) is 15.8 Å². The minimum Gasteiger partial charge on any atom is -0.539 e. The van der Waals surface area contributed by atoms with E-state index < -0.39 is 35.0 Å². The number of halogens is 3. The maximum absolute atomic E-state index is 10.9. The third kappa shape index (κ3) is 71.8. The van der Waals surface area contributed by atoms with E-state index in [9.17, 15) is 12.6 Å². The molecular weight excluding hydrogens is 419 g/mol. The Labute approximate surface area is 148 Å². The van der Waals surface area contributed by atoms with Crippen molar-refractivity contribution in [3.8, 4) is 17.4 Å². The second kappa shape index (κ2) is 15.9. The number of nitrogens with zero attached hydrogens (tertiary/aromatic N) is 3. The van der Waals surface area contributed by atoms with Crippen LogP contribution in [0.15, 0.2) is 0 Å². The van der Waals surface area contributed by atoms with Gasteiger partial charge in [-0.3, -0.25) is 0 Å². The standard InChI is InChI=1S/C2H2O4.3CHFNO2P.Li/c3-1(4)2(5)6;3*2-6(4,5)1-3;/h(H,3,4)(H,5,6);3*(H,4,5);/q;;;;+1/p-1. The van der Waals surface area contributed by atoms with Crippen LogP contribution in [0.2, 0.25) is 0 Å². The number of carboxylic acids is 2. The Morgan fingerprint density at radius 1 is 0.800 bits per heavy atom. The van der Waals surface area contributed by atoms with E-state index in [1.54, 1.807) is 0 Å². The summed E-state index contributed by atoms with van der Waals surface area (Å²) in [5, 5.41) is 38.1. The van der Waals surface area contributed by atoms with Gasteiger partial charge in [0.2, 0.25) is 0 Å². The number of carboxylic acid groups (broad SMARTS) is 2. The van der Waals surface area contributed by atoms with Gasteiger partial charge in [-0.05, 0) is 0 Å². The Hall–Kier alpha value is -1.63. The van der Waals surface area contributed by atoms with Gasteiger partial charge >= 0.3 is 47.9 Å². The molecular formula is C5H4F3LiN3O10P3. The van der Waals surface area contributed by atoms with Crippen LogP contribution >= 0.6 is 23.0 Å². The van der Waals surface area contributed by atoms with E-state index in [4.69, 9.17) is 64.0 Å². The number of carbonyl (C=O) groups excluding carboxylic acids is 1. The Morgan fingerprint density at radius 3 is 0.880 bits per heavy atom. The van der Waals surface area contributed by atoms with Crippen molar-refractivity contribution in [3.05, 3.63) is 0 Å². The molecule has 0 aliphatic heterocycles. The predicted molar refractivity (Wildman–Crippen MR) is 62.3 cm³/mol. The molecule has 4 N–H and O–H groups in total. The van der Waals surface area contributed by atoms with Gasteiger partial charge in [0, 0.05) is 0 Å². The normalized spacial score (nSPS) is 14.8. The van der Waals surface area contributed by atoms with Crippen LogP contribution in [0.4, 0.5) is 12.6 Å². The zero-order valence-electron chi connectivity index (χ0n) is 11.6. The summed E-state index contributed by atoms with van der Waals surface area (Å²) in [7, 11) is -14.5. The van der Waals surface area contributed by atoms with Gasteiger partial charge in [0.05, 0.1) is 0 Å². The third-order valence-corrected chi connectivity index (χ3v) is 1.28. The Bertz CT molecular complexity index is 605. The van der Waals surface area contributed by atoms with Gasteiger partial charge in [-0.15, -0.1) is 12.6 Å². The number of hydrogen-bond donors (Lipinski definition) is 4. The van der Waals surface area contributed by atoms with Crippen molar-refractivity contribution < 1.29 is 79.6 Å². The van der Waals surface area contributed by atoms with E-state index in [0.29, 0.717) is 17.4 Å². The fraction of sp³-hybridized carbons (Fsp3) is 0. The van der Waals surface area contributed by atoms with E-state index in [2.05, 4.69) is 0 Å². The largest absolute Gasteiger partial charge is 1.00 e. The topological polar surface area (TPSA) is 261 Å². The molecule has 136 valence electrons.